The Morgan fingerprint density at radius 2 is 1.84 bits per heavy atom. The number of nitrogens with zero attached hydrogens (tertiary/aromatic N) is 2. The first-order chi connectivity index (χ1) is 26.4. The molecule has 2 saturated carbocycles. The van der Waals surface area contributed by atoms with Gasteiger partial charge < -0.3 is 29.2 Å². The molecule has 2 N–H and O–H groups in total. The van der Waals surface area contributed by atoms with Gasteiger partial charge in [-0.15, -0.1) is 0 Å². The van der Waals surface area contributed by atoms with Gasteiger partial charge in [0.25, 0.3) is 0 Å². The summed E-state index contributed by atoms with van der Waals surface area (Å²) in [6.45, 7) is 10.9. The molecule has 6 rings (SSSR count). The zero-order valence-corrected chi connectivity index (χ0v) is 34.4. The Morgan fingerprint density at radius 1 is 1.09 bits per heavy atom. The van der Waals surface area contributed by atoms with Gasteiger partial charge in [-0.25, -0.2) is 18.2 Å². The van der Waals surface area contributed by atoms with Gasteiger partial charge in [0.05, 0.1) is 42.0 Å². The second-order valence-electron chi connectivity index (χ2n) is 16.9. The summed E-state index contributed by atoms with van der Waals surface area (Å²) in [7, 11) is -2.38. The van der Waals surface area contributed by atoms with Crippen molar-refractivity contribution < 1.29 is 46.5 Å². The van der Waals surface area contributed by atoms with E-state index < -0.39 is 61.9 Å². The molecule has 3 amide bonds. The third-order valence-electron chi connectivity index (χ3n) is 11.5. The van der Waals surface area contributed by atoms with Crippen LogP contribution in [0, 0.1) is 18.3 Å². The minimum Gasteiger partial charge on any atom is -0.496 e. The standard InChI is InChI=1S/C41H56N4O10S/c1-8-53-34-21-33(28-16-17-32(52-7)25(2)35(28)43-34)54-27-20-30-31(46)23-41(37(48)44-56(50,51)40(6)18-19-40)22-26(41)14-12-10-9-11-13-15-29(36(47)45(30)24-27)42-38(49)55-39(3,4)5/h12,14,16-17,21,26-27,29-30H,8-11,13,15,18-20,22-24H2,1-7H3,(H,42,49)(H,44,48)/b14-12-/t26-,27-,29+,30+,41-/m1/s1. The molecule has 0 spiro atoms. The second kappa shape index (κ2) is 15.9. The summed E-state index contributed by atoms with van der Waals surface area (Å²) in [6, 6.07) is 3.33. The van der Waals surface area contributed by atoms with Crippen molar-refractivity contribution in [3.05, 3.63) is 35.9 Å². The SMILES string of the molecule is CCOc1cc(O[C@@H]2C[C@H]3C(=O)C[C@]4(C(=O)NS(=O)(=O)C5(C)CC5)C[C@H]4/C=C\CCCCC[C@H](NC(=O)OC(C)(C)C)C(=O)N3C2)c2ccc(OC)c(C)c2n1. The van der Waals surface area contributed by atoms with Crippen LogP contribution in [-0.4, -0.2) is 90.8 Å². The van der Waals surface area contributed by atoms with Crippen molar-refractivity contribution in [1.29, 1.82) is 0 Å². The van der Waals surface area contributed by atoms with Crippen molar-refractivity contribution in [3.8, 4) is 17.4 Å². The topological polar surface area (TPSA) is 180 Å². The number of nitrogens with one attached hydrogen (secondary N) is 2. The molecule has 2 aliphatic heterocycles. The van der Waals surface area contributed by atoms with Crippen molar-refractivity contribution >= 4 is 44.6 Å². The van der Waals surface area contributed by atoms with Crippen molar-refractivity contribution in [2.45, 2.75) is 134 Å². The maximum atomic E-state index is 14.6. The third-order valence-corrected chi connectivity index (χ3v) is 13.6. The second-order valence-corrected chi connectivity index (χ2v) is 19.1. The van der Waals surface area contributed by atoms with Crippen molar-refractivity contribution in [3.63, 3.8) is 0 Å². The van der Waals surface area contributed by atoms with E-state index in [4.69, 9.17) is 23.9 Å². The van der Waals surface area contributed by atoms with E-state index in [0.717, 1.165) is 18.4 Å². The largest absolute Gasteiger partial charge is 0.496 e. The number of aryl methyl sites for hydroxylation is 1. The van der Waals surface area contributed by atoms with E-state index in [0.29, 0.717) is 73.4 Å². The molecule has 1 aromatic heterocycles. The van der Waals surface area contributed by atoms with E-state index in [1.807, 2.05) is 38.1 Å². The number of hydrogen-bond acceptors (Lipinski definition) is 11. The van der Waals surface area contributed by atoms with Crippen LogP contribution in [0.15, 0.2) is 30.4 Å². The number of aromatic nitrogens is 1. The fourth-order valence-corrected chi connectivity index (χ4v) is 9.15. The first-order valence-corrected chi connectivity index (χ1v) is 21.2. The fourth-order valence-electron chi connectivity index (χ4n) is 7.81. The summed E-state index contributed by atoms with van der Waals surface area (Å²) in [5, 5.41) is 3.46. The molecule has 3 fully saturated rings. The van der Waals surface area contributed by atoms with Crippen molar-refractivity contribution in [2.24, 2.45) is 11.3 Å². The Hall–Kier alpha value is -4.40. The number of pyridine rings is 1. The molecule has 14 nitrogen and oxygen atoms in total. The highest BCUT2D eigenvalue weighted by Gasteiger charge is 2.62. The predicted octanol–water partition coefficient (Wildman–Crippen LogP) is 5.68. The molecular formula is C41H56N4O10S. The summed E-state index contributed by atoms with van der Waals surface area (Å²) in [6.07, 6.45) is 6.78. The lowest BCUT2D eigenvalue weighted by atomic mass is 9.91. The summed E-state index contributed by atoms with van der Waals surface area (Å²) in [5.74, 6) is -0.445. The summed E-state index contributed by atoms with van der Waals surface area (Å²) < 4.78 is 51.3. The Kier molecular flexibility index (Phi) is 11.7. The van der Waals surface area contributed by atoms with Crippen LogP contribution in [0.2, 0.25) is 0 Å². The van der Waals surface area contributed by atoms with Gasteiger partial charge in [0.1, 0.15) is 29.2 Å². The lowest BCUT2D eigenvalue weighted by Crippen LogP contribution is -2.53. The van der Waals surface area contributed by atoms with E-state index in [2.05, 4.69) is 10.0 Å². The average Bonchev–Trinajstić information content (AvgIpc) is 4.00. The monoisotopic (exact) mass is 796 g/mol. The fraction of sp³-hybridized carbons (Fsp3) is 0.634. The number of alkyl carbamates (subject to hydrolysis) is 1. The van der Waals surface area contributed by atoms with Crippen molar-refractivity contribution in [1.82, 2.24) is 19.9 Å². The number of Topliss-reactive ketones (excluding diaryl/α,β-unsaturated/α-hetero) is 1. The molecule has 306 valence electrons. The first kappa shape index (κ1) is 41.2. The normalized spacial score (nSPS) is 27.2. The molecule has 4 aliphatic rings. The number of methoxy groups -OCH3 is 1. The smallest absolute Gasteiger partial charge is 0.408 e. The van der Waals surface area contributed by atoms with Crippen molar-refractivity contribution in [2.75, 3.05) is 20.3 Å². The van der Waals surface area contributed by atoms with Gasteiger partial charge in [0.2, 0.25) is 27.7 Å². The number of ketones is 1. The summed E-state index contributed by atoms with van der Waals surface area (Å²) >= 11 is 0. The van der Waals surface area contributed by atoms with E-state index >= 15 is 0 Å². The van der Waals surface area contributed by atoms with Crippen LogP contribution in [0.5, 0.6) is 17.4 Å². The number of carbonyl (C=O) groups excluding carboxylic acids is 4. The van der Waals surface area contributed by atoms with Gasteiger partial charge in [0.15, 0.2) is 5.78 Å². The molecule has 56 heavy (non-hydrogen) atoms. The minimum absolute atomic E-state index is 0.0138. The number of sulfonamides is 1. The average molecular weight is 797 g/mol. The quantitative estimate of drug-likeness (QED) is 0.299. The number of amides is 3. The zero-order chi connectivity index (χ0) is 40.6. The van der Waals surface area contributed by atoms with Crippen LogP contribution < -0.4 is 24.2 Å². The number of carbonyl (C=O) groups is 4. The van der Waals surface area contributed by atoms with Gasteiger partial charge in [-0.2, -0.15) is 0 Å². The molecule has 1 saturated heterocycles. The lowest BCUT2D eigenvalue weighted by Gasteiger charge is -2.30. The Bertz CT molecular complexity index is 2010. The number of fused-ring (bicyclic) bond motifs is 3. The van der Waals surface area contributed by atoms with E-state index in [-0.39, 0.29) is 31.1 Å². The molecule has 0 bridgehead atoms. The Morgan fingerprint density at radius 3 is 2.52 bits per heavy atom. The van der Waals surface area contributed by atoms with Crippen LogP contribution in [0.1, 0.15) is 104 Å². The van der Waals surface area contributed by atoms with E-state index in [1.54, 1.807) is 40.9 Å². The summed E-state index contributed by atoms with van der Waals surface area (Å²) in [5.41, 5.74) is -0.688. The minimum atomic E-state index is -3.96. The molecule has 0 radical (unpaired) electrons. The maximum absolute atomic E-state index is 14.6. The molecule has 2 aromatic rings. The molecule has 1 aromatic carbocycles. The third kappa shape index (κ3) is 8.77. The lowest BCUT2D eigenvalue weighted by molar-refractivity contribution is -0.140. The molecule has 3 heterocycles. The molecular weight excluding hydrogens is 741 g/mol. The Balaban J connectivity index is 1.35. The highest BCUT2D eigenvalue weighted by atomic mass is 32.2. The van der Waals surface area contributed by atoms with Gasteiger partial charge in [-0.1, -0.05) is 25.0 Å². The van der Waals surface area contributed by atoms with Gasteiger partial charge in [-0.05, 0) is 98.1 Å². The number of benzene rings is 1. The van der Waals surface area contributed by atoms with Crippen LogP contribution in [0.3, 0.4) is 0 Å². The van der Waals surface area contributed by atoms with Gasteiger partial charge in [0, 0.05) is 29.9 Å². The highest BCUT2D eigenvalue weighted by Crippen LogP contribution is 2.57. The molecule has 15 heteroatoms. The van der Waals surface area contributed by atoms with E-state index in [9.17, 15) is 27.6 Å². The Labute approximate surface area is 329 Å². The molecule has 2 aliphatic carbocycles. The van der Waals surface area contributed by atoms with Crippen LogP contribution >= 0.6 is 0 Å². The number of rotatable bonds is 9. The molecule has 0 unspecified atom stereocenters. The number of hydrogen-bond donors (Lipinski definition) is 2. The van der Waals surface area contributed by atoms with Gasteiger partial charge >= 0.3 is 6.09 Å². The maximum Gasteiger partial charge on any atom is 0.408 e. The number of ether oxygens (including phenoxy) is 4. The first-order valence-electron chi connectivity index (χ1n) is 19.7. The zero-order valence-electron chi connectivity index (χ0n) is 33.6. The van der Waals surface area contributed by atoms with Gasteiger partial charge in [-0.3, -0.25) is 19.1 Å². The number of allylic oxidation sites excluding steroid dienone is 2. The predicted molar refractivity (Wildman–Crippen MR) is 209 cm³/mol. The van der Waals surface area contributed by atoms with Crippen LogP contribution in [0.4, 0.5) is 4.79 Å². The highest BCUT2D eigenvalue weighted by molar-refractivity contribution is 7.91. The molecule has 5 atom stereocenters. The summed E-state index contributed by atoms with van der Waals surface area (Å²) in [4.78, 5) is 62.4. The van der Waals surface area contributed by atoms with Crippen LogP contribution in [0.25, 0.3) is 10.9 Å². The van der Waals surface area contributed by atoms with E-state index in [1.165, 1.54) is 4.90 Å². The van der Waals surface area contributed by atoms with Crippen LogP contribution in [-0.2, 0) is 29.1 Å².